The average Bonchev–Trinajstić information content (AvgIpc) is 2.84. The maximum atomic E-state index is 10.7. The maximum absolute atomic E-state index is 10.7. The van der Waals surface area contributed by atoms with Crippen molar-refractivity contribution < 1.29 is 5.11 Å². The molecule has 0 amide bonds. The lowest BCUT2D eigenvalue weighted by molar-refractivity contribution is -0.0507. The van der Waals surface area contributed by atoms with Gasteiger partial charge in [-0.15, -0.1) is 12.3 Å². The van der Waals surface area contributed by atoms with Gasteiger partial charge in [0.05, 0.1) is 5.60 Å². The Bertz CT molecular complexity index is 303. The monoisotopic (exact) mass is 204 g/mol. The molecule has 5 atom stereocenters. The molecule has 5 unspecified atom stereocenters. The molecule has 0 aromatic heterocycles. The van der Waals surface area contributed by atoms with Crippen molar-refractivity contribution >= 4 is 0 Å². The standard InChI is InChI=1S/C14H20O/c1-2-3-7-14(15)9-10-8-13(14)12-6-4-5-11(10)12/h1,10-13,15H,3-9H2. The molecule has 2 bridgehead atoms. The molecule has 0 heterocycles. The Labute approximate surface area is 92.3 Å². The molecule has 1 heteroatoms. The third-order valence-electron chi connectivity index (χ3n) is 5.31. The summed E-state index contributed by atoms with van der Waals surface area (Å²) in [5.74, 6) is 5.89. The summed E-state index contributed by atoms with van der Waals surface area (Å²) >= 11 is 0. The van der Waals surface area contributed by atoms with Gasteiger partial charge in [0, 0.05) is 6.42 Å². The van der Waals surface area contributed by atoms with Crippen LogP contribution < -0.4 is 0 Å². The van der Waals surface area contributed by atoms with Gasteiger partial charge >= 0.3 is 0 Å². The van der Waals surface area contributed by atoms with Crippen LogP contribution in [-0.2, 0) is 0 Å². The van der Waals surface area contributed by atoms with Crippen molar-refractivity contribution in [3.05, 3.63) is 0 Å². The van der Waals surface area contributed by atoms with Gasteiger partial charge in [0.1, 0.15) is 0 Å². The summed E-state index contributed by atoms with van der Waals surface area (Å²) in [7, 11) is 0. The molecule has 0 aliphatic heterocycles. The van der Waals surface area contributed by atoms with Gasteiger partial charge in [-0.05, 0) is 55.8 Å². The third kappa shape index (κ3) is 1.27. The van der Waals surface area contributed by atoms with E-state index in [1.165, 1.54) is 25.7 Å². The summed E-state index contributed by atoms with van der Waals surface area (Å²) < 4.78 is 0. The third-order valence-corrected chi connectivity index (χ3v) is 5.31. The van der Waals surface area contributed by atoms with Crippen LogP contribution in [0.1, 0.15) is 44.9 Å². The largest absolute Gasteiger partial charge is 0.390 e. The smallest absolute Gasteiger partial charge is 0.0690 e. The Morgan fingerprint density at radius 3 is 2.93 bits per heavy atom. The molecule has 0 radical (unpaired) electrons. The van der Waals surface area contributed by atoms with Crippen molar-refractivity contribution in [2.24, 2.45) is 23.7 Å². The fourth-order valence-corrected chi connectivity index (χ4v) is 4.81. The van der Waals surface area contributed by atoms with Gasteiger partial charge in [-0.1, -0.05) is 6.42 Å². The van der Waals surface area contributed by atoms with Crippen molar-refractivity contribution in [2.45, 2.75) is 50.5 Å². The Hall–Kier alpha value is -0.480. The van der Waals surface area contributed by atoms with Crippen LogP contribution in [0.4, 0.5) is 0 Å². The van der Waals surface area contributed by atoms with Gasteiger partial charge in [0.2, 0.25) is 0 Å². The van der Waals surface area contributed by atoms with E-state index < -0.39 is 0 Å². The Balaban J connectivity index is 1.77. The quantitative estimate of drug-likeness (QED) is 0.685. The van der Waals surface area contributed by atoms with Crippen LogP contribution in [0.3, 0.4) is 0 Å². The molecule has 3 aliphatic rings. The van der Waals surface area contributed by atoms with E-state index >= 15 is 0 Å². The highest BCUT2D eigenvalue weighted by molar-refractivity contribution is 5.10. The molecule has 15 heavy (non-hydrogen) atoms. The molecule has 82 valence electrons. The van der Waals surface area contributed by atoms with Crippen LogP contribution in [0.5, 0.6) is 0 Å². The molecule has 3 rings (SSSR count). The Morgan fingerprint density at radius 1 is 1.33 bits per heavy atom. The van der Waals surface area contributed by atoms with E-state index in [1.807, 2.05) is 0 Å². The number of terminal acetylenes is 1. The lowest BCUT2D eigenvalue weighted by atomic mass is 9.71. The molecule has 0 aromatic carbocycles. The first kappa shape index (κ1) is 9.73. The minimum atomic E-state index is -0.386. The second kappa shape index (κ2) is 3.25. The topological polar surface area (TPSA) is 20.2 Å². The summed E-state index contributed by atoms with van der Waals surface area (Å²) in [6.07, 6.45) is 13.4. The van der Waals surface area contributed by atoms with Crippen molar-refractivity contribution in [3.8, 4) is 12.3 Å². The van der Waals surface area contributed by atoms with Gasteiger partial charge in [-0.2, -0.15) is 0 Å². The molecule has 1 nitrogen and oxygen atoms in total. The lowest BCUT2D eigenvalue weighted by Crippen LogP contribution is -2.41. The summed E-state index contributed by atoms with van der Waals surface area (Å²) in [6, 6.07) is 0. The predicted octanol–water partition coefficient (Wildman–Crippen LogP) is 2.59. The minimum absolute atomic E-state index is 0.386. The van der Waals surface area contributed by atoms with Gasteiger partial charge < -0.3 is 5.11 Å². The molecule has 3 fully saturated rings. The van der Waals surface area contributed by atoms with Crippen LogP contribution in [0.25, 0.3) is 0 Å². The molecular weight excluding hydrogens is 184 g/mol. The van der Waals surface area contributed by atoms with Gasteiger partial charge in [0.15, 0.2) is 0 Å². The highest BCUT2D eigenvalue weighted by Gasteiger charge is 2.59. The molecular formula is C14H20O. The molecule has 0 spiro atoms. The maximum Gasteiger partial charge on any atom is 0.0690 e. The zero-order valence-electron chi connectivity index (χ0n) is 9.28. The zero-order valence-corrected chi connectivity index (χ0v) is 9.28. The molecule has 0 aromatic rings. The lowest BCUT2D eigenvalue weighted by Gasteiger charge is -2.38. The fraction of sp³-hybridized carbons (Fsp3) is 0.857. The van der Waals surface area contributed by atoms with Crippen molar-refractivity contribution in [3.63, 3.8) is 0 Å². The first-order valence-electron chi connectivity index (χ1n) is 6.40. The van der Waals surface area contributed by atoms with E-state index in [0.29, 0.717) is 5.92 Å². The summed E-state index contributed by atoms with van der Waals surface area (Å²) in [6.45, 7) is 0. The SMILES string of the molecule is C#CCCC1(O)CC2CC1C1CCCC21. The normalized spacial score (nSPS) is 51.7. The number of aliphatic hydroxyl groups is 1. The van der Waals surface area contributed by atoms with E-state index in [0.717, 1.165) is 37.0 Å². The van der Waals surface area contributed by atoms with Gasteiger partial charge in [-0.25, -0.2) is 0 Å². The molecule has 1 N–H and O–H groups in total. The van der Waals surface area contributed by atoms with Gasteiger partial charge in [0.25, 0.3) is 0 Å². The van der Waals surface area contributed by atoms with E-state index in [1.54, 1.807) is 0 Å². The number of rotatable bonds is 2. The van der Waals surface area contributed by atoms with Crippen molar-refractivity contribution in [1.29, 1.82) is 0 Å². The van der Waals surface area contributed by atoms with E-state index in [2.05, 4.69) is 5.92 Å². The molecule has 3 aliphatic carbocycles. The molecule has 0 saturated heterocycles. The van der Waals surface area contributed by atoms with Crippen LogP contribution in [0.2, 0.25) is 0 Å². The van der Waals surface area contributed by atoms with E-state index in [4.69, 9.17) is 6.42 Å². The van der Waals surface area contributed by atoms with Crippen molar-refractivity contribution in [1.82, 2.24) is 0 Å². The van der Waals surface area contributed by atoms with Crippen LogP contribution in [0, 0.1) is 36.0 Å². The van der Waals surface area contributed by atoms with Gasteiger partial charge in [-0.3, -0.25) is 0 Å². The Kier molecular flexibility index (Phi) is 2.11. The first-order valence-corrected chi connectivity index (χ1v) is 6.40. The number of hydrogen-bond acceptors (Lipinski definition) is 1. The predicted molar refractivity (Wildman–Crippen MR) is 60.1 cm³/mol. The molecule has 3 saturated carbocycles. The van der Waals surface area contributed by atoms with Crippen LogP contribution in [0.15, 0.2) is 0 Å². The number of fused-ring (bicyclic) bond motifs is 5. The van der Waals surface area contributed by atoms with Crippen LogP contribution >= 0.6 is 0 Å². The summed E-state index contributed by atoms with van der Waals surface area (Å²) in [5.41, 5.74) is -0.386. The van der Waals surface area contributed by atoms with Crippen LogP contribution in [-0.4, -0.2) is 10.7 Å². The second-order valence-corrected chi connectivity index (χ2v) is 5.87. The number of hydrogen-bond donors (Lipinski definition) is 1. The summed E-state index contributed by atoms with van der Waals surface area (Å²) in [5, 5.41) is 10.7. The average molecular weight is 204 g/mol. The fourth-order valence-electron chi connectivity index (χ4n) is 4.81. The van der Waals surface area contributed by atoms with E-state index in [-0.39, 0.29) is 5.60 Å². The van der Waals surface area contributed by atoms with E-state index in [9.17, 15) is 5.11 Å². The highest BCUT2D eigenvalue weighted by Crippen LogP contribution is 2.63. The highest BCUT2D eigenvalue weighted by atomic mass is 16.3. The second-order valence-electron chi connectivity index (χ2n) is 5.87. The minimum Gasteiger partial charge on any atom is -0.390 e. The zero-order chi connectivity index (χ0) is 10.5. The first-order chi connectivity index (χ1) is 7.24. The Morgan fingerprint density at radius 2 is 2.13 bits per heavy atom. The van der Waals surface area contributed by atoms with Crippen molar-refractivity contribution in [2.75, 3.05) is 0 Å². The summed E-state index contributed by atoms with van der Waals surface area (Å²) in [4.78, 5) is 0.